The van der Waals surface area contributed by atoms with Crippen LogP contribution in [0.25, 0.3) is 10.2 Å². The largest absolute Gasteiger partial charge is 0.353 e. The summed E-state index contributed by atoms with van der Waals surface area (Å²) < 4.78 is 1.72. The van der Waals surface area contributed by atoms with Gasteiger partial charge >= 0.3 is 0 Å². The van der Waals surface area contributed by atoms with Gasteiger partial charge in [0.2, 0.25) is 5.91 Å². The quantitative estimate of drug-likeness (QED) is 0.575. The van der Waals surface area contributed by atoms with Gasteiger partial charge in [-0.1, -0.05) is 25.6 Å². The maximum Gasteiger partial charge on any atom is 0.263 e. The zero-order valence-electron chi connectivity index (χ0n) is 15.8. The molecular formula is C19H27N3O2S2. The average Bonchev–Trinajstić information content (AvgIpc) is 3.03. The van der Waals surface area contributed by atoms with Crippen molar-refractivity contribution in [3.05, 3.63) is 20.8 Å². The van der Waals surface area contributed by atoms with Crippen LogP contribution in [-0.4, -0.2) is 27.3 Å². The summed E-state index contributed by atoms with van der Waals surface area (Å²) in [6, 6.07) is 0.218. The maximum absolute atomic E-state index is 13.0. The minimum Gasteiger partial charge on any atom is -0.353 e. The Kier molecular flexibility index (Phi) is 6.40. The highest BCUT2D eigenvalue weighted by Crippen LogP contribution is 2.34. The predicted molar refractivity (Wildman–Crippen MR) is 109 cm³/mol. The second-order valence-corrected chi connectivity index (χ2v) is 8.73. The second-order valence-electron chi connectivity index (χ2n) is 6.70. The van der Waals surface area contributed by atoms with Crippen molar-refractivity contribution in [2.45, 2.75) is 77.0 Å². The molecule has 1 amide bonds. The minimum atomic E-state index is 0.00572. The van der Waals surface area contributed by atoms with Crippen LogP contribution in [0.15, 0.2) is 9.95 Å². The molecule has 0 aliphatic heterocycles. The maximum atomic E-state index is 13.0. The Balaban J connectivity index is 1.86. The van der Waals surface area contributed by atoms with E-state index in [-0.39, 0.29) is 17.5 Å². The van der Waals surface area contributed by atoms with Gasteiger partial charge in [-0.15, -0.1) is 11.3 Å². The van der Waals surface area contributed by atoms with Crippen LogP contribution >= 0.6 is 23.1 Å². The first kappa shape index (κ1) is 19.4. The van der Waals surface area contributed by atoms with Gasteiger partial charge in [0.25, 0.3) is 5.56 Å². The van der Waals surface area contributed by atoms with Crippen molar-refractivity contribution < 1.29 is 4.79 Å². The van der Waals surface area contributed by atoms with Gasteiger partial charge in [-0.3, -0.25) is 14.2 Å². The Morgan fingerprint density at radius 1 is 1.27 bits per heavy atom. The Hall–Kier alpha value is -1.34. The van der Waals surface area contributed by atoms with E-state index in [2.05, 4.69) is 19.2 Å². The Morgan fingerprint density at radius 3 is 2.69 bits per heavy atom. The van der Waals surface area contributed by atoms with Crippen LogP contribution < -0.4 is 10.9 Å². The number of thioether (sulfide) groups is 1. The molecule has 0 unspecified atom stereocenters. The molecule has 1 aliphatic carbocycles. The smallest absolute Gasteiger partial charge is 0.263 e. The molecule has 0 saturated carbocycles. The lowest BCUT2D eigenvalue weighted by molar-refractivity contribution is -0.119. The van der Waals surface area contributed by atoms with Crippen molar-refractivity contribution in [1.29, 1.82) is 0 Å². The van der Waals surface area contributed by atoms with E-state index in [0.29, 0.717) is 17.5 Å². The van der Waals surface area contributed by atoms with Gasteiger partial charge < -0.3 is 5.32 Å². The molecule has 0 atom stereocenters. The number of aromatic nitrogens is 2. The predicted octanol–water partition coefficient (Wildman–Crippen LogP) is 3.75. The number of nitrogens with zero attached hydrogens (tertiary/aromatic N) is 2. The molecule has 142 valence electrons. The lowest BCUT2D eigenvalue weighted by Crippen LogP contribution is -2.35. The number of thiophene rings is 1. The fraction of sp³-hybridized carbons (Fsp3) is 0.632. The van der Waals surface area contributed by atoms with Gasteiger partial charge in [0.15, 0.2) is 5.16 Å². The first-order chi connectivity index (χ1) is 12.6. The first-order valence-electron chi connectivity index (χ1n) is 9.56. The molecule has 0 fully saturated rings. The van der Waals surface area contributed by atoms with E-state index < -0.39 is 0 Å². The third-order valence-corrected chi connectivity index (χ3v) is 7.20. The van der Waals surface area contributed by atoms with Crippen LogP contribution in [0.5, 0.6) is 0 Å². The number of hydrogen-bond acceptors (Lipinski definition) is 5. The molecule has 1 N–H and O–H groups in total. The van der Waals surface area contributed by atoms with E-state index in [4.69, 9.17) is 4.98 Å². The molecule has 7 heteroatoms. The van der Waals surface area contributed by atoms with E-state index in [0.717, 1.165) is 42.3 Å². The fourth-order valence-electron chi connectivity index (χ4n) is 3.50. The van der Waals surface area contributed by atoms with Crippen molar-refractivity contribution in [2.75, 3.05) is 5.75 Å². The van der Waals surface area contributed by atoms with E-state index in [1.54, 1.807) is 15.9 Å². The Bertz CT molecular complexity index is 853. The number of carbonyl (C=O) groups is 1. The minimum absolute atomic E-state index is 0.00572. The highest BCUT2D eigenvalue weighted by Gasteiger charge is 2.22. The molecule has 0 saturated heterocycles. The summed E-state index contributed by atoms with van der Waals surface area (Å²) >= 11 is 3.03. The summed E-state index contributed by atoms with van der Waals surface area (Å²) in [6.07, 6.45) is 6.24. The van der Waals surface area contributed by atoms with E-state index >= 15 is 0 Å². The summed E-state index contributed by atoms with van der Waals surface area (Å²) in [5.74, 6) is 0.297. The lowest BCUT2D eigenvalue weighted by atomic mass is 9.97. The summed E-state index contributed by atoms with van der Waals surface area (Å²) in [4.78, 5) is 32.2. The van der Waals surface area contributed by atoms with Gasteiger partial charge in [-0.2, -0.15) is 0 Å². The molecule has 0 spiro atoms. The van der Waals surface area contributed by atoms with Crippen LogP contribution in [0.3, 0.4) is 0 Å². The van der Waals surface area contributed by atoms with Crippen LogP contribution in [0, 0.1) is 0 Å². The van der Waals surface area contributed by atoms with Crippen molar-refractivity contribution in [3.63, 3.8) is 0 Å². The molecule has 2 aromatic rings. The molecular weight excluding hydrogens is 366 g/mol. The molecule has 5 nitrogen and oxygen atoms in total. The molecule has 1 aliphatic rings. The number of nitrogens with one attached hydrogen (secondary N) is 1. The van der Waals surface area contributed by atoms with Crippen molar-refractivity contribution in [3.8, 4) is 0 Å². The topological polar surface area (TPSA) is 64.0 Å². The number of rotatable bonds is 7. The van der Waals surface area contributed by atoms with Gasteiger partial charge in [-0.05, 0) is 51.0 Å². The molecule has 2 aromatic heterocycles. The molecule has 0 radical (unpaired) electrons. The van der Waals surface area contributed by atoms with Gasteiger partial charge in [-0.25, -0.2) is 4.98 Å². The third kappa shape index (κ3) is 3.83. The SMILES string of the molecule is CCC(CC)NC(=O)CSc1nc2sc3c(c2c(=O)n1CC)CCCC3. The number of aryl methyl sites for hydroxylation is 2. The van der Waals surface area contributed by atoms with Crippen molar-refractivity contribution in [2.24, 2.45) is 0 Å². The lowest BCUT2D eigenvalue weighted by Gasteiger charge is -2.15. The second kappa shape index (κ2) is 8.57. The van der Waals surface area contributed by atoms with Crippen LogP contribution in [0.4, 0.5) is 0 Å². The van der Waals surface area contributed by atoms with Gasteiger partial charge in [0, 0.05) is 17.5 Å². The summed E-state index contributed by atoms with van der Waals surface area (Å²) in [5, 5.41) is 4.52. The third-order valence-electron chi connectivity index (χ3n) is 5.04. The molecule has 0 aromatic carbocycles. The zero-order valence-corrected chi connectivity index (χ0v) is 17.4. The van der Waals surface area contributed by atoms with Crippen LogP contribution in [-0.2, 0) is 24.2 Å². The normalized spacial score (nSPS) is 14.0. The number of fused-ring (bicyclic) bond motifs is 3. The van der Waals surface area contributed by atoms with Crippen LogP contribution in [0.2, 0.25) is 0 Å². The fourth-order valence-corrected chi connectivity index (χ4v) is 5.68. The van der Waals surface area contributed by atoms with E-state index in [1.807, 2.05) is 6.92 Å². The molecule has 26 heavy (non-hydrogen) atoms. The zero-order chi connectivity index (χ0) is 18.7. The van der Waals surface area contributed by atoms with Crippen LogP contribution in [0.1, 0.15) is 56.9 Å². The van der Waals surface area contributed by atoms with E-state index in [1.165, 1.54) is 28.6 Å². The van der Waals surface area contributed by atoms with E-state index in [9.17, 15) is 9.59 Å². The van der Waals surface area contributed by atoms with Crippen molar-refractivity contribution >= 4 is 39.2 Å². The molecule has 3 rings (SSSR count). The van der Waals surface area contributed by atoms with Crippen molar-refractivity contribution in [1.82, 2.24) is 14.9 Å². The first-order valence-corrected chi connectivity index (χ1v) is 11.4. The molecule has 0 bridgehead atoms. The number of carbonyl (C=O) groups excluding carboxylic acids is 1. The highest BCUT2D eigenvalue weighted by atomic mass is 32.2. The highest BCUT2D eigenvalue weighted by molar-refractivity contribution is 7.99. The summed E-state index contributed by atoms with van der Waals surface area (Å²) in [6.45, 7) is 6.68. The average molecular weight is 394 g/mol. The summed E-state index contributed by atoms with van der Waals surface area (Å²) in [5.41, 5.74) is 1.28. The van der Waals surface area contributed by atoms with Gasteiger partial charge in [0.05, 0.1) is 11.1 Å². The monoisotopic (exact) mass is 393 g/mol. The summed E-state index contributed by atoms with van der Waals surface area (Å²) in [7, 11) is 0. The van der Waals surface area contributed by atoms with Gasteiger partial charge in [0.1, 0.15) is 4.83 Å². The standard InChI is InChI=1S/C19H27N3O2S2/c1-4-12(5-2)20-15(23)11-25-19-21-17-16(18(24)22(19)6-3)13-9-7-8-10-14(13)26-17/h12H,4-11H2,1-3H3,(H,20,23). The Morgan fingerprint density at radius 2 is 2.00 bits per heavy atom. The number of amides is 1. The Labute approximate surface area is 162 Å². The molecule has 2 heterocycles. The number of hydrogen-bond donors (Lipinski definition) is 1.